The number of nitrogens with one attached hydrogen (secondary N) is 1. The number of aryl methyl sites for hydroxylation is 2. The number of carbonyl (C=O) groups excluding carboxylic acids is 1. The summed E-state index contributed by atoms with van der Waals surface area (Å²) in [4.78, 5) is 19.7. The molecule has 1 aromatic carbocycles. The van der Waals surface area contributed by atoms with Crippen LogP contribution in [0.3, 0.4) is 0 Å². The van der Waals surface area contributed by atoms with Crippen molar-refractivity contribution in [2.75, 3.05) is 5.32 Å². The summed E-state index contributed by atoms with van der Waals surface area (Å²) in [5.74, 6) is -0.0952. The molecule has 2 aromatic heterocycles. The number of fused-ring (bicyclic) bond motifs is 1. The minimum absolute atomic E-state index is 0.0920. The third-order valence-corrected chi connectivity index (χ3v) is 8.13. The van der Waals surface area contributed by atoms with Gasteiger partial charge >= 0.3 is 0 Å². The van der Waals surface area contributed by atoms with Crippen molar-refractivity contribution >= 4 is 43.7 Å². The second-order valence-electron chi connectivity index (χ2n) is 7.11. The SMILES string of the molecule is Cc1nc(NC(=O)c2csc3c2CCCC3)sc1Cc1ccc(S(N)(=O)=O)cc1. The highest BCUT2D eigenvalue weighted by molar-refractivity contribution is 7.89. The number of sulfonamides is 1. The highest BCUT2D eigenvalue weighted by Gasteiger charge is 2.21. The molecule has 0 atom stereocenters. The van der Waals surface area contributed by atoms with Crippen molar-refractivity contribution in [3.8, 4) is 0 Å². The molecule has 0 unspecified atom stereocenters. The van der Waals surface area contributed by atoms with Crippen LogP contribution in [0.4, 0.5) is 5.13 Å². The summed E-state index contributed by atoms with van der Waals surface area (Å²) in [5.41, 5.74) is 3.78. The number of anilines is 1. The Morgan fingerprint density at radius 1 is 1.21 bits per heavy atom. The normalized spacial score (nSPS) is 13.9. The number of primary sulfonamides is 1. The smallest absolute Gasteiger partial charge is 0.258 e. The second kappa shape index (κ2) is 7.98. The van der Waals surface area contributed by atoms with Gasteiger partial charge in [-0.1, -0.05) is 12.1 Å². The fourth-order valence-electron chi connectivity index (χ4n) is 3.48. The zero-order valence-electron chi connectivity index (χ0n) is 15.9. The molecule has 1 amide bonds. The van der Waals surface area contributed by atoms with E-state index in [4.69, 9.17) is 5.14 Å². The highest BCUT2D eigenvalue weighted by Crippen LogP contribution is 2.31. The number of hydrogen-bond acceptors (Lipinski definition) is 6. The molecular formula is C20H21N3O3S3. The van der Waals surface area contributed by atoms with Crippen LogP contribution < -0.4 is 10.5 Å². The minimum atomic E-state index is -3.69. The molecule has 0 aliphatic heterocycles. The first-order valence-corrected chi connectivity index (χ1v) is 12.5. The van der Waals surface area contributed by atoms with E-state index in [-0.39, 0.29) is 10.8 Å². The van der Waals surface area contributed by atoms with Crippen molar-refractivity contribution in [1.29, 1.82) is 0 Å². The van der Waals surface area contributed by atoms with Crippen LogP contribution in [0.2, 0.25) is 0 Å². The van der Waals surface area contributed by atoms with Crippen molar-refractivity contribution in [3.05, 3.63) is 61.8 Å². The quantitative estimate of drug-likeness (QED) is 0.619. The number of carbonyl (C=O) groups is 1. The predicted octanol–water partition coefficient (Wildman–Crippen LogP) is 3.88. The number of nitrogens with zero attached hydrogens (tertiary/aromatic N) is 1. The topological polar surface area (TPSA) is 102 Å². The number of nitrogens with two attached hydrogens (primary N) is 1. The van der Waals surface area contributed by atoms with E-state index in [9.17, 15) is 13.2 Å². The minimum Gasteiger partial charge on any atom is -0.298 e. The van der Waals surface area contributed by atoms with Gasteiger partial charge in [-0.05, 0) is 55.9 Å². The lowest BCUT2D eigenvalue weighted by Gasteiger charge is -2.12. The number of thiazole rings is 1. The molecule has 152 valence electrons. The van der Waals surface area contributed by atoms with Gasteiger partial charge in [0, 0.05) is 21.6 Å². The van der Waals surface area contributed by atoms with Gasteiger partial charge in [-0.2, -0.15) is 0 Å². The van der Waals surface area contributed by atoms with Crippen LogP contribution >= 0.6 is 22.7 Å². The van der Waals surface area contributed by atoms with Crippen LogP contribution in [-0.2, 0) is 29.3 Å². The van der Waals surface area contributed by atoms with Crippen molar-refractivity contribution in [2.45, 2.75) is 43.9 Å². The average molecular weight is 448 g/mol. The molecule has 0 saturated carbocycles. The van der Waals surface area contributed by atoms with Gasteiger partial charge in [0.25, 0.3) is 5.91 Å². The standard InChI is InChI=1S/C20H21N3O3S3/c1-12-18(10-13-6-8-14(9-7-13)29(21,25)26)28-20(22-12)23-19(24)16-11-27-17-5-3-2-4-15(16)17/h6-9,11H,2-5,10H2,1H3,(H2,21,25,26)(H,22,23,24). The lowest BCUT2D eigenvalue weighted by molar-refractivity contribution is 0.102. The number of rotatable bonds is 5. The van der Waals surface area contributed by atoms with E-state index in [0.717, 1.165) is 41.0 Å². The summed E-state index contributed by atoms with van der Waals surface area (Å²) in [6.45, 7) is 1.91. The van der Waals surface area contributed by atoms with Crippen molar-refractivity contribution < 1.29 is 13.2 Å². The van der Waals surface area contributed by atoms with Gasteiger partial charge in [0.1, 0.15) is 0 Å². The van der Waals surface area contributed by atoms with E-state index >= 15 is 0 Å². The largest absolute Gasteiger partial charge is 0.298 e. The third kappa shape index (κ3) is 4.42. The molecule has 1 aliphatic rings. The first kappa shape index (κ1) is 20.2. The summed E-state index contributed by atoms with van der Waals surface area (Å²) in [6, 6.07) is 6.50. The number of aromatic nitrogens is 1. The maximum atomic E-state index is 12.8. The summed E-state index contributed by atoms with van der Waals surface area (Å²) < 4.78 is 22.8. The molecule has 0 radical (unpaired) electrons. The molecule has 2 heterocycles. The number of benzene rings is 1. The Morgan fingerprint density at radius 3 is 2.66 bits per heavy atom. The molecular weight excluding hydrogens is 426 g/mol. The van der Waals surface area contributed by atoms with Crippen molar-refractivity contribution in [1.82, 2.24) is 4.98 Å². The van der Waals surface area contributed by atoms with Crippen LogP contribution in [0.25, 0.3) is 0 Å². The van der Waals surface area contributed by atoms with Gasteiger partial charge in [-0.15, -0.1) is 22.7 Å². The molecule has 0 bridgehead atoms. The van der Waals surface area contributed by atoms with Gasteiger partial charge in [0.2, 0.25) is 10.0 Å². The first-order valence-electron chi connectivity index (χ1n) is 9.30. The van der Waals surface area contributed by atoms with Gasteiger partial charge < -0.3 is 0 Å². The summed E-state index contributed by atoms with van der Waals surface area (Å²) in [6.07, 6.45) is 4.98. The van der Waals surface area contributed by atoms with Crippen molar-refractivity contribution in [2.24, 2.45) is 5.14 Å². The molecule has 9 heteroatoms. The van der Waals surface area contributed by atoms with Crippen LogP contribution in [0.15, 0.2) is 34.5 Å². The maximum Gasteiger partial charge on any atom is 0.258 e. The molecule has 0 fully saturated rings. The first-order chi connectivity index (χ1) is 13.8. The van der Waals surface area contributed by atoms with Crippen LogP contribution in [0, 0.1) is 6.92 Å². The maximum absolute atomic E-state index is 12.8. The van der Waals surface area contributed by atoms with Crippen LogP contribution in [0.5, 0.6) is 0 Å². The fraction of sp³-hybridized carbons (Fsp3) is 0.300. The van der Waals surface area contributed by atoms with E-state index in [1.807, 2.05) is 12.3 Å². The van der Waals surface area contributed by atoms with E-state index in [1.165, 1.54) is 40.3 Å². The van der Waals surface area contributed by atoms with Crippen LogP contribution in [-0.4, -0.2) is 19.3 Å². The number of hydrogen-bond donors (Lipinski definition) is 2. The van der Waals surface area contributed by atoms with Gasteiger partial charge in [0.05, 0.1) is 16.2 Å². The molecule has 0 saturated heterocycles. The molecule has 4 rings (SSSR count). The zero-order valence-corrected chi connectivity index (χ0v) is 18.3. The Balaban J connectivity index is 1.48. The Morgan fingerprint density at radius 2 is 1.93 bits per heavy atom. The van der Waals surface area contributed by atoms with Gasteiger partial charge in [-0.3, -0.25) is 10.1 Å². The molecule has 0 spiro atoms. The van der Waals surface area contributed by atoms with Gasteiger partial charge in [0.15, 0.2) is 5.13 Å². The summed E-state index contributed by atoms with van der Waals surface area (Å²) in [5, 5.41) is 10.6. The molecule has 3 N–H and O–H groups in total. The van der Waals surface area contributed by atoms with E-state index in [0.29, 0.717) is 11.6 Å². The lowest BCUT2D eigenvalue weighted by Crippen LogP contribution is -2.14. The monoisotopic (exact) mass is 447 g/mol. The fourth-order valence-corrected chi connectivity index (χ4v) is 6.11. The number of thiophene rings is 1. The Kier molecular flexibility index (Phi) is 5.56. The third-order valence-electron chi connectivity index (χ3n) is 5.04. The number of amides is 1. The van der Waals surface area contributed by atoms with E-state index in [2.05, 4.69) is 10.3 Å². The highest BCUT2D eigenvalue weighted by atomic mass is 32.2. The predicted molar refractivity (Wildman–Crippen MR) is 116 cm³/mol. The van der Waals surface area contributed by atoms with Crippen molar-refractivity contribution in [3.63, 3.8) is 0 Å². The lowest BCUT2D eigenvalue weighted by atomic mass is 9.96. The van der Waals surface area contributed by atoms with E-state index in [1.54, 1.807) is 23.5 Å². The molecule has 1 aliphatic carbocycles. The zero-order chi connectivity index (χ0) is 20.6. The molecule has 3 aromatic rings. The summed E-state index contributed by atoms with van der Waals surface area (Å²) in [7, 11) is -3.69. The average Bonchev–Trinajstić information content (AvgIpc) is 3.25. The van der Waals surface area contributed by atoms with Gasteiger partial charge in [-0.25, -0.2) is 18.5 Å². The van der Waals surface area contributed by atoms with Crippen LogP contribution in [0.1, 0.15) is 49.8 Å². The Hall–Kier alpha value is -2.07. The molecule has 29 heavy (non-hydrogen) atoms. The molecule has 6 nitrogen and oxygen atoms in total. The Bertz CT molecular complexity index is 1160. The summed E-state index contributed by atoms with van der Waals surface area (Å²) >= 11 is 3.12. The Labute approximate surface area is 177 Å². The second-order valence-corrected chi connectivity index (χ2v) is 10.7. The van der Waals surface area contributed by atoms with E-state index < -0.39 is 10.0 Å².